The minimum absolute atomic E-state index is 0.312. The van der Waals surface area contributed by atoms with E-state index in [4.69, 9.17) is 0 Å². The van der Waals surface area contributed by atoms with Crippen LogP contribution in [-0.2, 0) is 4.79 Å². The van der Waals surface area contributed by atoms with E-state index in [9.17, 15) is 4.79 Å². The van der Waals surface area contributed by atoms with Crippen molar-refractivity contribution in [1.29, 1.82) is 0 Å². The third-order valence-electron chi connectivity index (χ3n) is 2.90. The molecular weight excluding hydrogens is 176 g/mol. The van der Waals surface area contributed by atoms with E-state index in [0.717, 1.165) is 45.3 Å². The van der Waals surface area contributed by atoms with E-state index in [1.807, 2.05) is 11.9 Å². The number of amides is 1. The molecule has 1 rings (SSSR count). The Balaban J connectivity index is 2.18. The van der Waals surface area contributed by atoms with Crippen LogP contribution >= 0.6 is 0 Å². The van der Waals surface area contributed by atoms with Crippen LogP contribution in [0.3, 0.4) is 0 Å². The lowest BCUT2D eigenvalue weighted by atomic mass is 10.0. The van der Waals surface area contributed by atoms with Crippen LogP contribution in [-0.4, -0.2) is 37.5 Å². The fourth-order valence-electron chi connectivity index (χ4n) is 1.81. The summed E-state index contributed by atoms with van der Waals surface area (Å²) in [7, 11) is 1.92. The summed E-state index contributed by atoms with van der Waals surface area (Å²) in [5.74, 6) is 0.888. The van der Waals surface area contributed by atoms with Crippen molar-refractivity contribution in [2.24, 2.45) is 5.92 Å². The molecule has 1 saturated heterocycles. The maximum atomic E-state index is 11.7. The first-order valence-electron chi connectivity index (χ1n) is 5.68. The number of carbonyl (C=O) groups is 1. The number of nitrogens with zero attached hydrogens (tertiary/aromatic N) is 1. The zero-order valence-electron chi connectivity index (χ0n) is 9.38. The quantitative estimate of drug-likeness (QED) is 0.721. The number of nitrogens with one attached hydrogen (secondary N) is 1. The van der Waals surface area contributed by atoms with Gasteiger partial charge in [0.15, 0.2) is 0 Å². The van der Waals surface area contributed by atoms with Crippen LogP contribution in [0.4, 0.5) is 0 Å². The Morgan fingerprint density at radius 3 is 2.93 bits per heavy atom. The Morgan fingerprint density at radius 2 is 2.36 bits per heavy atom. The average molecular weight is 198 g/mol. The molecule has 0 radical (unpaired) electrons. The molecule has 1 atom stereocenters. The molecule has 0 aromatic rings. The predicted octanol–water partition coefficient (Wildman–Crippen LogP) is 1.24. The Labute approximate surface area is 86.9 Å². The molecule has 1 aliphatic heterocycles. The molecule has 82 valence electrons. The number of rotatable bonds is 5. The Hall–Kier alpha value is -0.570. The zero-order chi connectivity index (χ0) is 10.4. The van der Waals surface area contributed by atoms with Crippen LogP contribution in [0.1, 0.15) is 32.6 Å². The van der Waals surface area contributed by atoms with Crippen LogP contribution in [0.5, 0.6) is 0 Å². The molecule has 0 spiro atoms. The summed E-state index contributed by atoms with van der Waals surface area (Å²) in [5.41, 5.74) is 0. The molecule has 1 amide bonds. The standard InChI is InChI=1S/C11H22N2O/c1-3-4-7-13(2)11(14)8-10-5-6-12-9-10/h10,12H,3-9H2,1-2H3. The van der Waals surface area contributed by atoms with Crippen molar-refractivity contribution in [2.75, 3.05) is 26.7 Å². The third-order valence-corrected chi connectivity index (χ3v) is 2.90. The van der Waals surface area contributed by atoms with Crippen molar-refractivity contribution < 1.29 is 4.79 Å². The van der Waals surface area contributed by atoms with E-state index in [0.29, 0.717) is 11.8 Å². The minimum Gasteiger partial charge on any atom is -0.346 e. The van der Waals surface area contributed by atoms with Gasteiger partial charge in [0.2, 0.25) is 5.91 Å². The molecule has 1 unspecified atom stereocenters. The maximum absolute atomic E-state index is 11.7. The normalized spacial score (nSPS) is 21.1. The first-order valence-corrected chi connectivity index (χ1v) is 5.68. The number of unbranched alkanes of at least 4 members (excludes halogenated alkanes) is 1. The fourth-order valence-corrected chi connectivity index (χ4v) is 1.81. The smallest absolute Gasteiger partial charge is 0.222 e. The van der Waals surface area contributed by atoms with Crippen LogP contribution in [0.2, 0.25) is 0 Å². The largest absolute Gasteiger partial charge is 0.346 e. The fraction of sp³-hybridized carbons (Fsp3) is 0.909. The van der Waals surface area contributed by atoms with E-state index in [-0.39, 0.29) is 0 Å². The van der Waals surface area contributed by atoms with Gasteiger partial charge in [-0.05, 0) is 31.8 Å². The second kappa shape index (κ2) is 6.02. The van der Waals surface area contributed by atoms with E-state index in [1.165, 1.54) is 0 Å². The molecule has 0 aromatic heterocycles. The first kappa shape index (κ1) is 11.5. The number of hydrogen-bond donors (Lipinski definition) is 1. The van der Waals surface area contributed by atoms with E-state index in [2.05, 4.69) is 12.2 Å². The summed E-state index contributed by atoms with van der Waals surface area (Å²) in [6.45, 7) is 5.17. The van der Waals surface area contributed by atoms with Gasteiger partial charge in [-0.3, -0.25) is 4.79 Å². The minimum atomic E-state index is 0.312. The molecule has 14 heavy (non-hydrogen) atoms. The lowest BCUT2D eigenvalue weighted by Gasteiger charge is -2.18. The Kier molecular flexibility index (Phi) is 4.94. The second-order valence-electron chi connectivity index (χ2n) is 4.23. The van der Waals surface area contributed by atoms with Crippen molar-refractivity contribution in [2.45, 2.75) is 32.6 Å². The van der Waals surface area contributed by atoms with Crippen LogP contribution < -0.4 is 5.32 Å². The van der Waals surface area contributed by atoms with E-state index in [1.54, 1.807) is 0 Å². The molecule has 0 bridgehead atoms. The van der Waals surface area contributed by atoms with Gasteiger partial charge >= 0.3 is 0 Å². The zero-order valence-corrected chi connectivity index (χ0v) is 9.38. The Morgan fingerprint density at radius 1 is 1.57 bits per heavy atom. The highest BCUT2D eigenvalue weighted by Gasteiger charge is 2.19. The molecule has 0 aromatic carbocycles. The highest BCUT2D eigenvalue weighted by atomic mass is 16.2. The number of hydrogen-bond acceptors (Lipinski definition) is 2. The molecule has 1 aliphatic rings. The predicted molar refractivity (Wildman–Crippen MR) is 58.1 cm³/mol. The van der Waals surface area contributed by atoms with Gasteiger partial charge < -0.3 is 10.2 Å². The van der Waals surface area contributed by atoms with Crippen molar-refractivity contribution in [3.05, 3.63) is 0 Å². The van der Waals surface area contributed by atoms with Gasteiger partial charge in [-0.25, -0.2) is 0 Å². The molecule has 1 fully saturated rings. The van der Waals surface area contributed by atoms with E-state index < -0.39 is 0 Å². The monoisotopic (exact) mass is 198 g/mol. The lowest BCUT2D eigenvalue weighted by Crippen LogP contribution is -2.29. The number of carbonyl (C=O) groups excluding carboxylic acids is 1. The van der Waals surface area contributed by atoms with Gasteiger partial charge in [0.1, 0.15) is 0 Å². The van der Waals surface area contributed by atoms with Gasteiger partial charge in [0.05, 0.1) is 0 Å². The maximum Gasteiger partial charge on any atom is 0.222 e. The van der Waals surface area contributed by atoms with Gasteiger partial charge in [-0.15, -0.1) is 0 Å². The Bertz CT molecular complexity index is 176. The molecular formula is C11H22N2O. The summed E-state index contributed by atoms with van der Waals surface area (Å²) < 4.78 is 0. The summed E-state index contributed by atoms with van der Waals surface area (Å²) in [4.78, 5) is 13.6. The van der Waals surface area contributed by atoms with Crippen molar-refractivity contribution in [3.8, 4) is 0 Å². The van der Waals surface area contributed by atoms with Gasteiger partial charge in [-0.1, -0.05) is 13.3 Å². The SMILES string of the molecule is CCCCN(C)C(=O)CC1CCNC1. The third kappa shape index (κ3) is 3.66. The van der Waals surface area contributed by atoms with E-state index >= 15 is 0 Å². The van der Waals surface area contributed by atoms with Gasteiger partial charge in [0, 0.05) is 20.0 Å². The summed E-state index contributed by atoms with van der Waals surface area (Å²) in [6, 6.07) is 0. The van der Waals surface area contributed by atoms with Crippen molar-refractivity contribution >= 4 is 5.91 Å². The highest BCUT2D eigenvalue weighted by Crippen LogP contribution is 2.13. The topological polar surface area (TPSA) is 32.3 Å². The molecule has 1 heterocycles. The molecule has 3 nitrogen and oxygen atoms in total. The van der Waals surface area contributed by atoms with Crippen LogP contribution in [0.25, 0.3) is 0 Å². The van der Waals surface area contributed by atoms with Gasteiger partial charge in [-0.2, -0.15) is 0 Å². The van der Waals surface area contributed by atoms with Gasteiger partial charge in [0.25, 0.3) is 0 Å². The summed E-state index contributed by atoms with van der Waals surface area (Å²) in [5, 5.41) is 3.29. The molecule has 0 aliphatic carbocycles. The van der Waals surface area contributed by atoms with Crippen LogP contribution in [0, 0.1) is 5.92 Å². The second-order valence-corrected chi connectivity index (χ2v) is 4.23. The summed E-state index contributed by atoms with van der Waals surface area (Å²) in [6.07, 6.45) is 4.16. The molecule has 1 N–H and O–H groups in total. The van der Waals surface area contributed by atoms with Crippen molar-refractivity contribution in [3.63, 3.8) is 0 Å². The van der Waals surface area contributed by atoms with Crippen molar-refractivity contribution in [1.82, 2.24) is 10.2 Å². The van der Waals surface area contributed by atoms with Crippen LogP contribution in [0.15, 0.2) is 0 Å². The summed E-state index contributed by atoms with van der Waals surface area (Å²) >= 11 is 0. The first-order chi connectivity index (χ1) is 6.74. The lowest BCUT2D eigenvalue weighted by molar-refractivity contribution is -0.130. The average Bonchev–Trinajstić information content (AvgIpc) is 2.66. The molecule has 3 heteroatoms. The molecule has 0 saturated carbocycles. The highest BCUT2D eigenvalue weighted by molar-refractivity contribution is 5.76.